The summed E-state index contributed by atoms with van der Waals surface area (Å²) in [5.41, 5.74) is 6.88. The summed E-state index contributed by atoms with van der Waals surface area (Å²) in [4.78, 5) is 0. The van der Waals surface area contributed by atoms with E-state index in [9.17, 15) is 0 Å². The van der Waals surface area contributed by atoms with Crippen LogP contribution in [0.4, 0.5) is 5.88 Å². The first-order chi connectivity index (χ1) is 7.74. The predicted molar refractivity (Wildman–Crippen MR) is 59.5 cm³/mol. The number of hydrogen-bond donors (Lipinski definition) is 1. The predicted octanol–water partition coefficient (Wildman–Crippen LogP) is 1.94. The molecule has 2 rings (SSSR count). The van der Waals surface area contributed by atoms with Gasteiger partial charge in [0, 0.05) is 11.6 Å². The molecule has 0 aliphatic rings. The molecule has 84 valence electrons. The molecule has 0 unspecified atom stereocenters. The second-order valence-electron chi connectivity index (χ2n) is 3.18. The Bertz CT molecular complexity index is 494. The van der Waals surface area contributed by atoms with E-state index in [1.165, 1.54) is 0 Å². The monoisotopic (exact) mass is 220 g/mol. The van der Waals surface area contributed by atoms with Gasteiger partial charge in [-0.25, -0.2) is 0 Å². The van der Waals surface area contributed by atoms with E-state index in [1.54, 1.807) is 26.4 Å². The summed E-state index contributed by atoms with van der Waals surface area (Å²) in [6.45, 7) is 0. The van der Waals surface area contributed by atoms with E-state index in [1.807, 2.05) is 12.1 Å². The number of benzene rings is 1. The molecule has 0 saturated carbocycles. The van der Waals surface area contributed by atoms with Crippen LogP contribution in [0.1, 0.15) is 0 Å². The Hall–Kier alpha value is -2.17. The Morgan fingerprint density at radius 2 is 2.00 bits per heavy atom. The quantitative estimate of drug-likeness (QED) is 0.855. The minimum atomic E-state index is 0.264. The summed E-state index contributed by atoms with van der Waals surface area (Å²) in [6.07, 6.45) is 0. The number of nitrogens with zero attached hydrogens (tertiary/aromatic N) is 1. The van der Waals surface area contributed by atoms with Crippen molar-refractivity contribution in [2.24, 2.45) is 0 Å². The van der Waals surface area contributed by atoms with Crippen LogP contribution in [0.25, 0.3) is 11.3 Å². The van der Waals surface area contributed by atoms with Crippen molar-refractivity contribution in [3.05, 3.63) is 24.3 Å². The molecule has 1 heterocycles. The summed E-state index contributed by atoms with van der Waals surface area (Å²) in [5, 5.41) is 3.83. The number of nitrogen functional groups attached to an aromatic ring is 1. The first-order valence-corrected chi connectivity index (χ1v) is 4.69. The van der Waals surface area contributed by atoms with Gasteiger partial charge in [0.25, 0.3) is 0 Å². The SMILES string of the molecule is COc1ccc(OC)c(-c2cc(N)on2)c1. The van der Waals surface area contributed by atoms with Crippen LogP contribution in [0.5, 0.6) is 11.5 Å². The number of anilines is 1. The molecule has 0 bridgehead atoms. The van der Waals surface area contributed by atoms with Crippen LogP contribution in [-0.4, -0.2) is 19.4 Å². The van der Waals surface area contributed by atoms with Crippen LogP contribution >= 0.6 is 0 Å². The highest BCUT2D eigenvalue weighted by atomic mass is 16.5. The van der Waals surface area contributed by atoms with Gasteiger partial charge in [-0.05, 0) is 18.2 Å². The fourth-order valence-corrected chi connectivity index (χ4v) is 1.43. The van der Waals surface area contributed by atoms with E-state index in [0.717, 1.165) is 11.3 Å². The number of hydrogen-bond acceptors (Lipinski definition) is 5. The fourth-order valence-electron chi connectivity index (χ4n) is 1.43. The number of ether oxygens (including phenoxy) is 2. The van der Waals surface area contributed by atoms with E-state index >= 15 is 0 Å². The largest absolute Gasteiger partial charge is 0.497 e. The van der Waals surface area contributed by atoms with Crippen molar-refractivity contribution in [3.63, 3.8) is 0 Å². The highest BCUT2D eigenvalue weighted by Crippen LogP contribution is 2.33. The average Bonchev–Trinajstić information content (AvgIpc) is 2.75. The van der Waals surface area contributed by atoms with Crippen LogP contribution in [0.2, 0.25) is 0 Å². The maximum Gasteiger partial charge on any atom is 0.222 e. The van der Waals surface area contributed by atoms with E-state index in [0.29, 0.717) is 11.4 Å². The van der Waals surface area contributed by atoms with E-state index < -0.39 is 0 Å². The Kier molecular flexibility index (Phi) is 2.68. The second-order valence-corrected chi connectivity index (χ2v) is 3.18. The third-order valence-electron chi connectivity index (χ3n) is 2.21. The molecule has 0 fully saturated rings. The Balaban J connectivity index is 2.52. The van der Waals surface area contributed by atoms with Crippen LogP contribution in [0.15, 0.2) is 28.8 Å². The normalized spacial score (nSPS) is 10.1. The van der Waals surface area contributed by atoms with Gasteiger partial charge in [-0.15, -0.1) is 0 Å². The summed E-state index contributed by atoms with van der Waals surface area (Å²) >= 11 is 0. The number of nitrogens with two attached hydrogens (primary N) is 1. The molecule has 0 aliphatic carbocycles. The summed E-state index contributed by atoms with van der Waals surface area (Å²) < 4.78 is 15.2. The first kappa shape index (κ1) is 10.4. The topological polar surface area (TPSA) is 70.5 Å². The maximum absolute atomic E-state index is 5.48. The zero-order chi connectivity index (χ0) is 11.5. The lowest BCUT2D eigenvalue weighted by atomic mass is 10.1. The molecule has 2 N–H and O–H groups in total. The smallest absolute Gasteiger partial charge is 0.222 e. The number of rotatable bonds is 3. The van der Waals surface area contributed by atoms with Gasteiger partial charge in [0.1, 0.15) is 17.2 Å². The highest BCUT2D eigenvalue weighted by molar-refractivity contribution is 5.70. The molecule has 0 spiro atoms. The van der Waals surface area contributed by atoms with E-state index in [2.05, 4.69) is 5.16 Å². The molecule has 0 aliphatic heterocycles. The molecule has 0 radical (unpaired) electrons. The summed E-state index contributed by atoms with van der Waals surface area (Å²) in [6, 6.07) is 7.07. The number of aromatic nitrogens is 1. The van der Waals surface area contributed by atoms with Gasteiger partial charge >= 0.3 is 0 Å². The van der Waals surface area contributed by atoms with Crippen molar-refractivity contribution in [1.82, 2.24) is 5.16 Å². The van der Waals surface area contributed by atoms with Crippen molar-refractivity contribution in [2.45, 2.75) is 0 Å². The minimum absolute atomic E-state index is 0.264. The second kappa shape index (κ2) is 4.14. The van der Waals surface area contributed by atoms with Crippen molar-refractivity contribution in [1.29, 1.82) is 0 Å². The Labute approximate surface area is 92.8 Å². The maximum atomic E-state index is 5.48. The van der Waals surface area contributed by atoms with Crippen LogP contribution < -0.4 is 15.2 Å². The zero-order valence-electron chi connectivity index (χ0n) is 9.06. The molecular formula is C11H12N2O3. The molecule has 5 heteroatoms. The van der Waals surface area contributed by atoms with E-state index in [4.69, 9.17) is 19.7 Å². The lowest BCUT2D eigenvalue weighted by Gasteiger charge is -2.07. The standard InChI is InChI=1S/C11H12N2O3/c1-14-7-3-4-10(15-2)8(5-7)9-6-11(12)16-13-9/h3-6H,12H2,1-2H3. The van der Waals surface area contributed by atoms with Gasteiger partial charge in [0.15, 0.2) is 0 Å². The van der Waals surface area contributed by atoms with Gasteiger partial charge in [0.05, 0.1) is 14.2 Å². The zero-order valence-corrected chi connectivity index (χ0v) is 9.06. The lowest BCUT2D eigenvalue weighted by Crippen LogP contribution is -1.90. The minimum Gasteiger partial charge on any atom is -0.497 e. The van der Waals surface area contributed by atoms with E-state index in [-0.39, 0.29) is 5.88 Å². The van der Waals surface area contributed by atoms with Crippen molar-refractivity contribution in [2.75, 3.05) is 20.0 Å². The van der Waals surface area contributed by atoms with Gasteiger partial charge in [-0.2, -0.15) is 0 Å². The third-order valence-corrected chi connectivity index (χ3v) is 2.21. The highest BCUT2D eigenvalue weighted by Gasteiger charge is 2.11. The Morgan fingerprint density at radius 3 is 2.56 bits per heavy atom. The molecule has 1 aromatic carbocycles. The molecule has 5 nitrogen and oxygen atoms in total. The molecule has 0 atom stereocenters. The molecule has 0 amide bonds. The first-order valence-electron chi connectivity index (χ1n) is 4.69. The van der Waals surface area contributed by atoms with Crippen molar-refractivity contribution in [3.8, 4) is 22.8 Å². The van der Waals surface area contributed by atoms with Gasteiger partial charge in [0.2, 0.25) is 5.88 Å². The molecule has 0 saturated heterocycles. The summed E-state index contributed by atoms with van der Waals surface area (Å²) in [5.74, 6) is 1.67. The molecule has 2 aromatic rings. The molecule has 1 aromatic heterocycles. The van der Waals surface area contributed by atoms with Crippen LogP contribution in [0.3, 0.4) is 0 Å². The fraction of sp³-hybridized carbons (Fsp3) is 0.182. The van der Waals surface area contributed by atoms with Gasteiger partial charge < -0.3 is 19.7 Å². The Morgan fingerprint density at radius 1 is 1.19 bits per heavy atom. The molecule has 16 heavy (non-hydrogen) atoms. The average molecular weight is 220 g/mol. The number of methoxy groups -OCH3 is 2. The third kappa shape index (κ3) is 1.79. The summed E-state index contributed by atoms with van der Waals surface area (Å²) in [7, 11) is 3.19. The van der Waals surface area contributed by atoms with Crippen molar-refractivity contribution >= 4 is 5.88 Å². The molecular weight excluding hydrogens is 208 g/mol. The van der Waals surface area contributed by atoms with Crippen LogP contribution in [0, 0.1) is 0 Å². The van der Waals surface area contributed by atoms with Crippen molar-refractivity contribution < 1.29 is 14.0 Å². The lowest BCUT2D eigenvalue weighted by molar-refractivity contribution is 0.403. The van der Waals surface area contributed by atoms with Crippen LogP contribution in [-0.2, 0) is 0 Å². The van der Waals surface area contributed by atoms with Gasteiger partial charge in [-0.3, -0.25) is 0 Å². The van der Waals surface area contributed by atoms with Gasteiger partial charge in [-0.1, -0.05) is 5.16 Å².